The Morgan fingerprint density at radius 3 is 2.49 bits per heavy atom. The van der Waals surface area contributed by atoms with E-state index in [2.05, 4.69) is 19.6 Å². The van der Waals surface area contributed by atoms with E-state index in [0.717, 1.165) is 6.26 Å². The first-order chi connectivity index (χ1) is 19.6. The van der Waals surface area contributed by atoms with Crippen molar-refractivity contribution >= 4 is 17.5 Å². The highest BCUT2D eigenvalue weighted by Crippen LogP contribution is 2.37. The van der Waals surface area contributed by atoms with Crippen molar-refractivity contribution < 1.29 is 42.2 Å². The minimum atomic E-state index is -4.74. The highest BCUT2D eigenvalue weighted by atomic mass is 19.4. The molecule has 2 amide bonds. The van der Waals surface area contributed by atoms with Crippen LogP contribution in [0.15, 0.2) is 47.6 Å². The zero-order valence-corrected chi connectivity index (χ0v) is 21.3. The molecule has 1 saturated heterocycles. The second-order valence-electron chi connectivity index (χ2n) is 9.86. The smallest absolute Gasteiger partial charge is 0.437 e. The lowest BCUT2D eigenvalue weighted by atomic mass is 9.81. The lowest BCUT2D eigenvalue weighted by molar-refractivity contribution is -0.144. The maximum Gasteiger partial charge on any atom is 0.437 e. The van der Waals surface area contributed by atoms with Gasteiger partial charge >= 0.3 is 6.18 Å². The van der Waals surface area contributed by atoms with Crippen molar-refractivity contribution in [1.82, 2.24) is 29.3 Å². The molecule has 0 radical (unpaired) electrons. The number of hydrogen-bond donors (Lipinski definition) is 2. The van der Waals surface area contributed by atoms with Gasteiger partial charge in [-0.15, -0.1) is 0 Å². The molecule has 3 aromatic heterocycles. The molecule has 0 atom stereocenters. The molecule has 2 N–H and O–H groups in total. The van der Waals surface area contributed by atoms with Crippen molar-refractivity contribution in [1.29, 1.82) is 0 Å². The van der Waals surface area contributed by atoms with E-state index in [1.165, 1.54) is 41.2 Å². The Bertz CT molecular complexity index is 1620. The van der Waals surface area contributed by atoms with Gasteiger partial charge < -0.3 is 29.3 Å². The molecule has 2 aliphatic rings. The van der Waals surface area contributed by atoms with E-state index in [0.29, 0.717) is 39.0 Å². The van der Waals surface area contributed by atoms with Crippen LogP contribution in [0.25, 0.3) is 16.9 Å². The van der Waals surface area contributed by atoms with E-state index < -0.39 is 23.9 Å². The van der Waals surface area contributed by atoms with Crippen LogP contribution in [-0.4, -0.2) is 83.6 Å². The minimum absolute atomic E-state index is 0.0119. The number of amides is 2. The van der Waals surface area contributed by atoms with Crippen LogP contribution in [0.5, 0.6) is 17.4 Å². The summed E-state index contributed by atoms with van der Waals surface area (Å²) in [4.78, 5) is 37.1. The summed E-state index contributed by atoms with van der Waals surface area (Å²) >= 11 is 0. The molecule has 0 spiro atoms. The lowest BCUT2D eigenvalue weighted by Crippen LogP contribution is -2.53. The number of aromatic hydroxyl groups is 1. The number of nitrogens with zero attached hydrogens (tertiary/aromatic N) is 6. The minimum Gasteiger partial charge on any atom is -0.507 e. The molecule has 4 aromatic rings. The standard InChI is InChI=1S/C26H23F3N6O6/c27-26(28,29)21-18(13-40-32-21)19-12-31-22-23(30-3-4-35(19)22)41-16-1-2-17(20(37)11-16)25(39)34-7-5-33(6-8-34)24(38)14-9-15(36)10-14/h1-4,11-15,36-37H,5-10H2. The average Bonchev–Trinajstić information content (AvgIpc) is 3.59. The number of phenolic OH excluding ortho intramolecular Hbond substituents is 1. The third-order valence-electron chi connectivity index (χ3n) is 7.26. The molecule has 6 rings (SSSR count). The molecule has 0 bridgehead atoms. The second-order valence-corrected chi connectivity index (χ2v) is 9.86. The number of rotatable bonds is 5. The Hall–Kier alpha value is -4.66. The SMILES string of the molecule is O=C(c1ccc(Oc2nccn3c(-c4conc4C(F)(F)F)cnc23)cc1O)N1CCN(C(=O)C2CC(O)C2)CC1. The number of imidazole rings is 1. The predicted molar refractivity (Wildman–Crippen MR) is 133 cm³/mol. The van der Waals surface area contributed by atoms with E-state index in [1.807, 2.05) is 0 Å². The highest BCUT2D eigenvalue weighted by molar-refractivity contribution is 5.97. The molecule has 15 heteroatoms. The fourth-order valence-corrected chi connectivity index (χ4v) is 5.00. The van der Waals surface area contributed by atoms with Crippen molar-refractivity contribution in [2.75, 3.05) is 26.2 Å². The Labute approximate surface area is 229 Å². The summed E-state index contributed by atoms with van der Waals surface area (Å²) in [6.45, 7) is 1.32. The maximum atomic E-state index is 13.3. The van der Waals surface area contributed by atoms with Crippen molar-refractivity contribution in [3.63, 3.8) is 0 Å². The molecule has 41 heavy (non-hydrogen) atoms. The van der Waals surface area contributed by atoms with Gasteiger partial charge in [0.25, 0.3) is 11.8 Å². The van der Waals surface area contributed by atoms with Gasteiger partial charge in [-0.25, -0.2) is 9.97 Å². The number of carbonyl (C=O) groups excluding carboxylic acids is 2. The van der Waals surface area contributed by atoms with Gasteiger partial charge in [0.05, 0.1) is 29.1 Å². The van der Waals surface area contributed by atoms with Gasteiger partial charge in [-0.1, -0.05) is 5.16 Å². The van der Waals surface area contributed by atoms with Gasteiger partial charge in [-0.3, -0.25) is 14.0 Å². The number of fused-ring (bicyclic) bond motifs is 1. The number of aromatic nitrogens is 4. The Kier molecular flexibility index (Phi) is 6.52. The van der Waals surface area contributed by atoms with Crippen LogP contribution < -0.4 is 4.74 Å². The van der Waals surface area contributed by atoms with Crippen LogP contribution in [0.1, 0.15) is 28.9 Å². The molecule has 1 aliphatic carbocycles. The zero-order chi connectivity index (χ0) is 28.9. The Balaban J connectivity index is 1.15. The predicted octanol–water partition coefficient (Wildman–Crippen LogP) is 2.96. The number of carbonyl (C=O) groups is 2. The van der Waals surface area contributed by atoms with Crippen LogP contribution >= 0.6 is 0 Å². The van der Waals surface area contributed by atoms with E-state index in [1.54, 1.807) is 9.80 Å². The van der Waals surface area contributed by atoms with Crippen molar-refractivity contribution in [2.45, 2.75) is 25.1 Å². The average molecular weight is 573 g/mol. The van der Waals surface area contributed by atoms with Crippen molar-refractivity contribution in [3.8, 4) is 28.6 Å². The fourth-order valence-electron chi connectivity index (χ4n) is 5.00. The molecule has 2 fully saturated rings. The molecule has 4 heterocycles. The third-order valence-corrected chi connectivity index (χ3v) is 7.26. The number of phenols is 1. The number of alkyl halides is 3. The van der Waals surface area contributed by atoms with Crippen LogP contribution in [0, 0.1) is 5.92 Å². The summed E-state index contributed by atoms with van der Waals surface area (Å²) in [6, 6.07) is 4.07. The number of aliphatic hydroxyl groups is 1. The number of ether oxygens (including phenoxy) is 1. The Morgan fingerprint density at radius 2 is 1.80 bits per heavy atom. The number of benzene rings is 1. The normalized spacial score (nSPS) is 19.3. The lowest BCUT2D eigenvalue weighted by Gasteiger charge is -2.39. The summed E-state index contributed by atoms with van der Waals surface area (Å²) in [7, 11) is 0. The van der Waals surface area contributed by atoms with Crippen LogP contribution in [0.3, 0.4) is 0 Å². The molecule has 0 unspecified atom stereocenters. The van der Waals surface area contributed by atoms with Gasteiger partial charge in [-0.2, -0.15) is 13.2 Å². The maximum absolute atomic E-state index is 13.3. The summed E-state index contributed by atoms with van der Waals surface area (Å²) in [5, 5.41) is 23.1. The van der Waals surface area contributed by atoms with Crippen LogP contribution in [0.2, 0.25) is 0 Å². The molecular weight excluding hydrogens is 549 g/mol. The number of hydrogen-bond acceptors (Lipinski definition) is 9. The molecule has 1 aromatic carbocycles. The van der Waals surface area contributed by atoms with E-state index in [4.69, 9.17) is 4.74 Å². The van der Waals surface area contributed by atoms with Crippen LogP contribution in [0.4, 0.5) is 13.2 Å². The summed E-state index contributed by atoms with van der Waals surface area (Å²) in [5.74, 6) is -0.873. The topological polar surface area (TPSA) is 147 Å². The third kappa shape index (κ3) is 4.92. The Morgan fingerprint density at radius 1 is 1.07 bits per heavy atom. The van der Waals surface area contributed by atoms with Crippen molar-refractivity contribution in [3.05, 3.63) is 54.3 Å². The van der Waals surface area contributed by atoms with Gasteiger partial charge in [0.1, 0.15) is 17.8 Å². The van der Waals surface area contributed by atoms with E-state index in [-0.39, 0.29) is 51.7 Å². The van der Waals surface area contributed by atoms with Crippen LogP contribution in [-0.2, 0) is 11.0 Å². The van der Waals surface area contributed by atoms with E-state index in [9.17, 15) is 33.0 Å². The summed E-state index contributed by atoms with van der Waals surface area (Å²) < 4.78 is 51.6. The quantitative estimate of drug-likeness (QED) is 0.369. The molecule has 1 aliphatic heterocycles. The van der Waals surface area contributed by atoms with Gasteiger partial charge in [0.15, 0.2) is 5.69 Å². The first-order valence-electron chi connectivity index (χ1n) is 12.7. The number of piperazine rings is 1. The highest BCUT2D eigenvalue weighted by Gasteiger charge is 2.39. The summed E-state index contributed by atoms with van der Waals surface area (Å²) in [6.07, 6.45) is 0.560. The summed E-state index contributed by atoms with van der Waals surface area (Å²) in [5.41, 5.74) is -1.32. The monoisotopic (exact) mass is 572 g/mol. The van der Waals surface area contributed by atoms with Crippen molar-refractivity contribution in [2.24, 2.45) is 5.92 Å². The van der Waals surface area contributed by atoms with Gasteiger partial charge in [-0.05, 0) is 25.0 Å². The zero-order valence-electron chi connectivity index (χ0n) is 21.3. The first-order valence-corrected chi connectivity index (χ1v) is 12.7. The first kappa shape index (κ1) is 26.6. The fraction of sp³-hybridized carbons (Fsp3) is 0.346. The molecule has 1 saturated carbocycles. The number of aliphatic hydroxyl groups excluding tert-OH is 1. The second kappa shape index (κ2) is 10.1. The largest absolute Gasteiger partial charge is 0.507 e. The van der Waals surface area contributed by atoms with Gasteiger partial charge in [0, 0.05) is 50.6 Å². The van der Waals surface area contributed by atoms with Gasteiger partial charge in [0.2, 0.25) is 11.6 Å². The molecular formula is C26H23F3N6O6. The molecule has 214 valence electrons. The number of halogens is 3. The van der Waals surface area contributed by atoms with E-state index >= 15 is 0 Å². The molecule has 12 nitrogen and oxygen atoms in total.